The predicted octanol–water partition coefficient (Wildman–Crippen LogP) is 4.40. The van der Waals surface area contributed by atoms with Gasteiger partial charge in [0, 0.05) is 31.0 Å². The highest BCUT2D eigenvalue weighted by Crippen LogP contribution is 2.38. The molecule has 6 nitrogen and oxygen atoms in total. The van der Waals surface area contributed by atoms with Crippen LogP contribution in [0.3, 0.4) is 0 Å². The van der Waals surface area contributed by atoms with E-state index >= 15 is 0 Å². The highest BCUT2D eigenvalue weighted by atomic mass is 19.4. The van der Waals surface area contributed by atoms with Crippen LogP contribution in [-0.2, 0) is 17.5 Å². The SMILES string of the molecule is CC1(C)CN(C(=O)c2c(-c3ccc(F)cc3)cc(C(F)(F)F)n2Cc2ncccn2)CCO1. The molecule has 3 heterocycles. The Morgan fingerprint density at radius 2 is 1.82 bits per heavy atom. The van der Waals surface area contributed by atoms with E-state index in [9.17, 15) is 22.4 Å². The Hall–Kier alpha value is -3.27. The van der Waals surface area contributed by atoms with Crippen molar-refractivity contribution in [2.24, 2.45) is 0 Å². The molecule has 0 radical (unpaired) electrons. The van der Waals surface area contributed by atoms with Gasteiger partial charge in [-0.15, -0.1) is 0 Å². The van der Waals surface area contributed by atoms with Gasteiger partial charge in [-0.3, -0.25) is 4.79 Å². The number of halogens is 4. The fraction of sp³-hybridized carbons (Fsp3) is 0.348. The number of morpholine rings is 1. The number of nitrogens with zero attached hydrogens (tertiary/aromatic N) is 4. The number of aromatic nitrogens is 3. The van der Waals surface area contributed by atoms with Gasteiger partial charge >= 0.3 is 6.18 Å². The summed E-state index contributed by atoms with van der Waals surface area (Å²) in [5.41, 5.74) is -1.45. The molecule has 33 heavy (non-hydrogen) atoms. The normalized spacial score (nSPS) is 16.1. The molecule has 0 spiro atoms. The number of ether oxygens (including phenoxy) is 1. The lowest BCUT2D eigenvalue weighted by Gasteiger charge is -2.38. The van der Waals surface area contributed by atoms with E-state index < -0.39 is 29.2 Å². The fourth-order valence-corrected chi connectivity index (χ4v) is 3.92. The number of alkyl halides is 3. The molecular formula is C23H22F4N4O2. The van der Waals surface area contributed by atoms with Gasteiger partial charge in [-0.2, -0.15) is 13.2 Å². The Kier molecular flexibility index (Phi) is 5.96. The van der Waals surface area contributed by atoms with Crippen molar-refractivity contribution in [2.45, 2.75) is 32.2 Å². The van der Waals surface area contributed by atoms with Crippen molar-refractivity contribution in [1.29, 1.82) is 0 Å². The lowest BCUT2D eigenvalue weighted by Crippen LogP contribution is -2.51. The summed E-state index contributed by atoms with van der Waals surface area (Å²) in [7, 11) is 0. The molecule has 0 saturated carbocycles. The van der Waals surface area contributed by atoms with Gasteiger partial charge in [-0.25, -0.2) is 14.4 Å². The molecule has 1 saturated heterocycles. The molecule has 0 N–H and O–H groups in total. The molecule has 4 rings (SSSR count). The average molecular weight is 462 g/mol. The lowest BCUT2D eigenvalue weighted by molar-refractivity contribution is -0.143. The van der Waals surface area contributed by atoms with E-state index in [2.05, 4.69) is 9.97 Å². The standard InChI is InChI=1S/C23H22F4N4O2/c1-22(2)14-30(10-11-33-22)21(32)20-17(15-4-6-16(24)7-5-15)12-18(23(25,26)27)31(20)13-19-28-8-3-9-29-19/h3-9,12H,10-11,13-14H2,1-2H3. The zero-order chi connectivity index (χ0) is 23.8. The Morgan fingerprint density at radius 3 is 2.42 bits per heavy atom. The summed E-state index contributed by atoms with van der Waals surface area (Å²) < 4.78 is 62.3. The van der Waals surface area contributed by atoms with Crippen LogP contribution in [0.5, 0.6) is 0 Å². The monoisotopic (exact) mass is 462 g/mol. The molecule has 10 heteroatoms. The van der Waals surface area contributed by atoms with Gasteiger partial charge in [0.15, 0.2) is 0 Å². The average Bonchev–Trinajstić information content (AvgIpc) is 3.13. The molecule has 0 aliphatic carbocycles. The molecule has 0 atom stereocenters. The predicted molar refractivity (Wildman–Crippen MR) is 112 cm³/mol. The van der Waals surface area contributed by atoms with Crippen LogP contribution in [-0.4, -0.2) is 50.6 Å². The molecule has 2 aromatic heterocycles. The minimum Gasteiger partial charge on any atom is -0.372 e. The fourth-order valence-electron chi connectivity index (χ4n) is 3.92. The largest absolute Gasteiger partial charge is 0.431 e. The van der Waals surface area contributed by atoms with Crippen LogP contribution >= 0.6 is 0 Å². The quantitative estimate of drug-likeness (QED) is 0.540. The third-order valence-electron chi connectivity index (χ3n) is 5.38. The van der Waals surface area contributed by atoms with Crippen LogP contribution in [0.15, 0.2) is 48.8 Å². The minimum absolute atomic E-state index is 0.0626. The molecule has 1 aliphatic rings. The first-order valence-corrected chi connectivity index (χ1v) is 10.3. The molecule has 174 valence electrons. The number of rotatable bonds is 4. The van der Waals surface area contributed by atoms with Gasteiger partial charge in [-0.1, -0.05) is 12.1 Å². The van der Waals surface area contributed by atoms with Crippen LogP contribution in [0.1, 0.15) is 35.9 Å². The summed E-state index contributed by atoms with van der Waals surface area (Å²) in [4.78, 5) is 23.2. The van der Waals surface area contributed by atoms with E-state index in [1.54, 1.807) is 6.07 Å². The second kappa shape index (κ2) is 8.58. The molecular weight excluding hydrogens is 440 g/mol. The summed E-state index contributed by atoms with van der Waals surface area (Å²) in [5, 5.41) is 0. The maximum absolute atomic E-state index is 14.1. The Morgan fingerprint density at radius 1 is 1.15 bits per heavy atom. The summed E-state index contributed by atoms with van der Waals surface area (Å²) >= 11 is 0. The smallest absolute Gasteiger partial charge is 0.372 e. The third kappa shape index (κ3) is 4.90. The van der Waals surface area contributed by atoms with E-state index in [4.69, 9.17) is 4.74 Å². The first kappa shape index (κ1) is 22.9. The maximum atomic E-state index is 14.1. The maximum Gasteiger partial charge on any atom is 0.431 e. The number of hydrogen-bond acceptors (Lipinski definition) is 4. The Labute approximate surface area is 187 Å². The highest BCUT2D eigenvalue weighted by Gasteiger charge is 2.40. The van der Waals surface area contributed by atoms with Crippen molar-refractivity contribution in [3.05, 3.63) is 71.8 Å². The third-order valence-corrected chi connectivity index (χ3v) is 5.38. The van der Waals surface area contributed by atoms with E-state index in [0.29, 0.717) is 5.56 Å². The minimum atomic E-state index is -4.74. The van der Waals surface area contributed by atoms with Crippen molar-refractivity contribution in [3.8, 4) is 11.1 Å². The number of benzene rings is 1. The van der Waals surface area contributed by atoms with Gasteiger partial charge in [0.2, 0.25) is 0 Å². The summed E-state index contributed by atoms with van der Waals surface area (Å²) in [6.45, 7) is 3.98. The van der Waals surface area contributed by atoms with Crippen molar-refractivity contribution < 1.29 is 27.1 Å². The van der Waals surface area contributed by atoms with Gasteiger partial charge in [0.05, 0.1) is 18.8 Å². The zero-order valence-corrected chi connectivity index (χ0v) is 18.1. The lowest BCUT2D eigenvalue weighted by atomic mass is 10.0. The molecule has 0 unspecified atom stereocenters. The van der Waals surface area contributed by atoms with Crippen molar-refractivity contribution in [1.82, 2.24) is 19.4 Å². The summed E-state index contributed by atoms with van der Waals surface area (Å²) in [6, 6.07) is 7.48. The molecule has 1 aromatic carbocycles. The molecule has 1 aliphatic heterocycles. The van der Waals surface area contributed by atoms with E-state index in [-0.39, 0.29) is 43.3 Å². The number of carbonyl (C=O) groups is 1. The first-order chi connectivity index (χ1) is 15.5. The number of carbonyl (C=O) groups excluding carboxylic acids is 1. The van der Waals surface area contributed by atoms with E-state index in [1.165, 1.54) is 29.4 Å². The van der Waals surface area contributed by atoms with Crippen LogP contribution in [0.25, 0.3) is 11.1 Å². The van der Waals surface area contributed by atoms with Gasteiger partial charge in [0.1, 0.15) is 23.0 Å². The van der Waals surface area contributed by atoms with Crippen LogP contribution < -0.4 is 0 Å². The molecule has 1 amide bonds. The second-order valence-electron chi connectivity index (χ2n) is 8.38. The summed E-state index contributed by atoms with van der Waals surface area (Å²) in [5.74, 6) is -0.979. The van der Waals surface area contributed by atoms with Crippen molar-refractivity contribution in [2.75, 3.05) is 19.7 Å². The first-order valence-electron chi connectivity index (χ1n) is 10.3. The van der Waals surface area contributed by atoms with Crippen molar-refractivity contribution in [3.63, 3.8) is 0 Å². The number of hydrogen-bond donors (Lipinski definition) is 0. The Bertz CT molecular complexity index is 1140. The molecule has 3 aromatic rings. The van der Waals surface area contributed by atoms with E-state index in [0.717, 1.165) is 22.8 Å². The number of amides is 1. The Balaban J connectivity index is 1.90. The van der Waals surface area contributed by atoms with Crippen LogP contribution in [0, 0.1) is 5.82 Å². The molecule has 1 fully saturated rings. The zero-order valence-electron chi connectivity index (χ0n) is 18.1. The topological polar surface area (TPSA) is 60.2 Å². The van der Waals surface area contributed by atoms with Gasteiger partial charge in [-0.05, 0) is 43.7 Å². The van der Waals surface area contributed by atoms with E-state index in [1.807, 2.05) is 13.8 Å². The summed E-state index contributed by atoms with van der Waals surface area (Å²) in [6.07, 6.45) is -1.90. The van der Waals surface area contributed by atoms with Crippen molar-refractivity contribution >= 4 is 5.91 Å². The second-order valence-corrected chi connectivity index (χ2v) is 8.38. The highest BCUT2D eigenvalue weighted by molar-refractivity contribution is 6.00. The van der Waals surface area contributed by atoms with Gasteiger partial charge in [0.25, 0.3) is 5.91 Å². The van der Waals surface area contributed by atoms with Gasteiger partial charge < -0.3 is 14.2 Å². The molecule has 0 bridgehead atoms. The van der Waals surface area contributed by atoms with Crippen LogP contribution in [0.2, 0.25) is 0 Å². The van der Waals surface area contributed by atoms with Crippen LogP contribution in [0.4, 0.5) is 17.6 Å².